The molecule has 1 fully saturated rings. The van der Waals surface area contributed by atoms with Crippen molar-refractivity contribution in [3.05, 3.63) is 11.4 Å². The standard InChI is InChI=1S/C13H24N4O3S/c1-9-12(11(17-16-9)7-14-10-5-6-10)21(18,19)15-8-13(2,3)20-4/h10,14-15H,5-8H2,1-4H3,(H,16,17). The van der Waals surface area contributed by atoms with E-state index in [9.17, 15) is 8.42 Å². The molecule has 0 unspecified atom stereocenters. The van der Waals surface area contributed by atoms with E-state index >= 15 is 0 Å². The highest BCUT2D eigenvalue weighted by atomic mass is 32.2. The number of hydrogen-bond donors (Lipinski definition) is 3. The van der Waals surface area contributed by atoms with E-state index < -0.39 is 15.6 Å². The number of aromatic amines is 1. The van der Waals surface area contributed by atoms with Gasteiger partial charge in [-0.1, -0.05) is 0 Å². The Bertz CT molecular complexity index is 591. The minimum absolute atomic E-state index is 0.200. The van der Waals surface area contributed by atoms with Gasteiger partial charge in [-0.3, -0.25) is 5.10 Å². The minimum atomic E-state index is -3.61. The molecule has 0 radical (unpaired) electrons. The molecule has 0 aliphatic heterocycles. The molecular formula is C13H24N4O3S. The van der Waals surface area contributed by atoms with Crippen LogP contribution in [-0.2, 0) is 21.3 Å². The second-order valence-electron chi connectivity index (χ2n) is 6.07. The average molecular weight is 316 g/mol. The summed E-state index contributed by atoms with van der Waals surface area (Å²) in [4.78, 5) is 0.238. The predicted octanol–water partition coefficient (Wildman–Crippen LogP) is 0.673. The molecule has 21 heavy (non-hydrogen) atoms. The van der Waals surface area contributed by atoms with E-state index in [0.29, 0.717) is 24.0 Å². The van der Waals surface area contributed by atoms with Crippen LogP contribution in [0.4, 0.5) is 0 Å². The first-order valence-electron chi connectivity index (χ1n) is 7.07. The number of ether oxygens (including phenoxy) is 1. The topological polar surface area (TPSA) is 96.1 Å². The third-order valence-electron chi connectivity index (χ3n) is 3.61. The fourth-order valence-electron chi connectivity index (χ4n) is 1.89. The predicted molar refractivity (Wildman–Crippen MR) is 79.5 cm³/mol. The molecular weight excluding hydrogens is 292 g/mol. The van der Waals surface area contributed by atoms with Gasteiger partial charge in [0, 0.05) is 26.2 Å². The van der Waals surface area contributed by atoms with Crippen LogP contribution in [0.15, 0.2) is 4.90 Å². The number of sulfonamides is 1. The zero-order valence-corrected chi connectivity index (χ0v) is 13.8. The van der Waals surface area contributed by atoms with E-state index in [1.54, 1.807) is 14.0 Å². The van der Waals surface area contributed by atoms with E-state index in [4.69, 9.17) is 4.74 Å². The molecule has 0 spiro atoms. The molecule has 1 aromatic rings. The molecule has 0 aromatic carbocycles. The van der Waals surface area contributed by atoms with Crippen molar-refractivity contribution in [3.63, 3.8) is 0 Å². The van der Waals surface area contributed by atoms with Gasteiger partial charge in [-0.25, -0.2) is 13.1 Å². The highest BCUT2D eigenvalue weighted by Crippen LogP contribution is 2.22. The van der Waals surface area contributed by atoms with Crippen molar-refractivity contribution >= 4 is 10.0 Å². The first-order chi connectivity index (χ1) is 9.75. The summed E-state index contributed by atoms with van der Waals surface area (Å²) in [5.41, 5.74) is 0.518. The number of hydrogen-bond acceptors (Lipinski definition) is 5. The summed E-state index contributed by atoms with van der Waals surface area (Å²) in [6, 6.07) is 0.498. The highest BCUT2D eigenvalue weighted by Gasteiger charge is 2.28. The molecule has 0 atom stereocenters. The highest BCUT2D eigenvalue weighted by molar-refractivity contribution is 7.89. The summed E-state index contributed by atoms with van der Waals surface area (Å²) in [7, 11) is -2.05. The number of H-pyrrole nitrogens is 1. The quantitative estimate of drug-likeness (QED) is 0.655. The summed E-state index contributed by atoms with van der Waals surface area (Å²) in [5.74, 6) is 0. The van der Waals surface area contributed by atoms with E-state index in [1.165, 1.54) is 0 Å². The van der Waals surface area contributed by atoms with Gasteiger partial charge in [0.05, 0.1) is 17.0 Å². The number of nitrogens with zero attached hydrogens (tertiary/aromatic N) is 1. The lowest BCUT2D eigenvalue weighted by Gasteiger charge is -2.23. The lowest BCUT2D eigenvalue weighted by atomic mass is 10.1. The van der Waals surface area contributed by atoms with Crippen LogP contribution in [0.1, 0.15) is 38.1 Å². The van der Waals surface area contributed by atoms with Gasteiger partial charge in [0.25, 0.3) is 0 Å². The Labute approximate surface area is 125 Å². The molecule has 2 rings (SSSR count). The van der Waals surface area contributed by atoms with E-state index in [1.807, 2.05) is 13.8 Å². The maximum atomic E-state index is 12.5. The molecule has 0 bridgehead atoms. The molecule has 0 saturated heterocycles. The van der Waals surface area contributed by atoms with Crippen LogP contribution in [0.25, 0.3) is 0 Å². The van der Waals surface area contributed by atoms with E-state index in [2.05, 4.69) is 20.2 Å². The van der Waals surface area contributed by atoms with Crippen molar-refractivity contribution < 1.29 is 13.2 Å². The van der Waals surface area contributed by atoms with Gasteiger partial charge < -0.3 is 10.1 Å². The average Bonchev–Trinajstić information content (AvgIpc) is 3.17. The summed E-state index contributed by atoms with van der Waals surface area (Å²) < 4.78 is 32.8. The Morgan fingerprint density at radius 3 is 2.67 bits per heavy atom. The van der Waals surface area contributed by atoms with Crippen molar-refractivity contribution in [2.24, 2.45) is 0 Å². The lowest BCUT2D eigenvalue weighted by Crippen LogP contribution is -2.40. The van der Waals surface area contributed by atoms with Gasteiger partial charge in [-0.15, -0.1) is 0 Å². The fourth-order valence-corrected chi connectivity index (χ4v) is 3.45. The van der Waals surface area contributed by atoms with Crippen molar-refractivity contribution in [1.29, 1.82) is 0 Å². The number of rotatable bonds is 8. The maximum Gasteiger partial charge on any atom is 0.244 e. The van der Waals surface area contributed by atoms with Crippen molar-refractivity contribution in [1.82, 2.24) is 20.2 Å². The van der Waals surface area contributed by atoms with Gasteiger partial charge in [-0.05, 0) is 33.6 Å². The van der Waals surface area contributed by atoms with Crippen molar-refractivity contribution in [2.45, 2.75) is 56.7 Å². The molecule has 120 valence electrons. The molecule has 1 aliphatic carbocycles. The lowest BCUT2D eigenvalue weighted by molar-refractivity contribution is 0.0276. The summed E-state index contributed by atoms with van der Waals surface area (Å²) in [6.07, 6.45) is 2.29. The Hall–Kier alpha value is -0.960. The van der Waals surface area contributed by atoms with E-state index in [-0.39, 0.29) is 11.4 Å². The third-order valence-corrected chi connectivity index (χ3v) is 5.21. The van der Waals surface area contributed by atoms with E-state index in [0.717, 1.165) is 12.8 Å². The second kappa shape index (κ2) is 6.04. The van der Waals surface area contributed by atoms with Gasteiger partial charge in [0.2, 0.25) is 10.0 Å². The maximum absolute atomic E-state index is 12.5. The largest absolute Gasteiger partial charge is 0.377 e. The van der Waals surface area contributed by atoms with Crippen LogP contribution < -0.4 is 10.0 Å². The Morgan fingerprint density at radius 2 is 2.10 bits per heavy atom. The minimum Gasteiger partial charge on any atom is -0.377 e. The zero-order valence-electron chi connectivity index (χ0n) is 13.0. The fraction of sp³-hybridized carbons (Fsp3) is 0.769. The van der Waals surface area contributed by atoms with Crippen molar-refractivity contribution in [3.8, 4) is 0 Å². The normalized spacial score (nSPS) is 16.4. The Balaban J connectivity index is 2.12. The van der Waals surface area contributed by atoms with Crippen LogP contribution in [0.5, 0.6) is 0 Å². The van der Waals surface area contributed by atoms with Crippen LogP contribution in [0, 0.1) is 6.92 Å². The number of aromatic nitrogens is 2. The van der Waals surface area contributed by atoms with Gasteiger partial charge in [-0.2, -0.15) is 5.10 Å². The third kappa shape index (κ3) is 4.26. The Kier molecular flexibility index (Phi) is 4.72. The first-order valence-corrected chi connectivity index (χ1v) is 8.55. The second-order valence-corrected chi connectivity index (χ2v) is 7.77. The van der Waals surface area contributed by atoms with Gasteiger partial charge >= 0.3 is 0 Å². The molecule has 1 aliphatic rings. The molecule has 1 heterocycles. The molecule has 1 saturated carbocycles. The van der Waals surface area contributed by atoms with Gasteiger partial charge in [0.15, 0.2) is 0 Å². The van der Waals surface area contributed by atoms with Crippen molar-refractivity contribution in [2.75, 3.05) is 13.7 Å². The molecule has 8 heteroatoms. The Morgan fingerprint density at radius 1 is 1.43 bits per heavy atom. The van der Waals surface area contributed by atoms with Crippen LogP contribution in [0.3, 0.4) is 0 Å². The number of nitrogens with one attached hydrogen (secondary N) is 3. The number of aryl methyl sites for hydroxylation is 1. The van der Waals surface area contributed by atoms with Crippen LogP contribution in [-0.4, -0.2) is 43.9 Å². The summed E-state index contributed by atoms with van der Waals surface area (Å²) in [6.45, 7) is 6.02. The summed E-state index contributed by atoms with van der Waals surface area (Å²) in [5, 5.41) is 10.1. The molecule has 0 amide bonds. The first kappa shape index (κ1) is 16.4. The summed E-state index contributed by atoms with van der Waals surface area (Å²) >= 11 is 0. The molecule has 7 nitrogen and oxygen atoms in total. The van der Waals surface area contributed by atoms with Crippen LogP contribution in [0.2, 0.25) is 0 Å². The van der Waals surface area contributed by atoms with Gasteiger partial charge in [0.1, 0.15) is 4.90 Å². The zero-order chi connectivity index (χ0) is 15.7. The smallest absolute Gasteiger partial charge is 0.244 e. The van der Waals surface area contributed by atoms with Crippen LogP contribution >= 0.6 is 0 Å². The number of methoxy groups -OCH3 is 1. The SMILES string of the molecule is COC(C)(C)CNS(=O)(=O)c1c(CNC2CC2)n[nH]c1C. The molecule has 1 aromatic heterocycles. The monoisotopic (exact) mass is 316 g/mol. The molecule has 3 N–H and O–H groups in total.